The van der Waals surface area contributed by atoms with Crippen LogP contribution in [0.25, 0.3) is 0 Å². The fourth-order valence-corrected chi connectivity index (χ4v) is 0.944. The SMILES string of the molecule is CC(C)N(N)C(=O)Nc1ccccc1. The number of nitrogens with zero attached hydrogens (tertiary/aromatic N) is 1. The molecule has 4 nitrogen and oxygen atoms in total. The van der Waals surface area contributed by atoms with Gasteiger partial charge in [-0.15, -0.1) is 0 Å². The minimum Gasteiger partial charge on any atom is -0.307 e. The van der Waals surface area contributed by atoms with Gasteiger partial charge in [0.2, 0.25) is 0 Å². The van der Waals surface area contributed by atoms with E-state index in [9.17, 15) is 4.79 Å². The quantitative estimate of drug-likeness (QED) is 0.427. The predicted molar refractivity (Wildman–Crippen MR) is 56.6 cm³/mol. The Morgan fingerprint density at radius 2 is 1.93 bits per heavy atom. The molecule has 0 aromatic heterocycles. The second-order valence-corrected chi connectivity index (χ2v) is 3.30. The minimum atomic E-state index is -0.300. The summed E-state index contributed by atoms with van der Waals surface area (Å²) in [5.74, 6) is 5.53. The number of hydrogen-bond donors (Lipinski definition) is 2. The summed E-state index contributed by atoms with van der Waals surface area (Å²) >= 11 is 0. The highest BCUT2D eigenvalue weighted by Crippen LogP contribution is 2.06. The second-order valence-electron chi connectivity index (χ2n) is 3.30. The third-order valence-corrected chi connectivity index (χ3v) is 1.82. The van der Waals surface area contributed by atoms with Gasteiger partial charge in [0, 0.05) is 11.7 Å². The van der Waals surface area contributed by atoms with Crippen molar-refractivity contribution in [2.24, 2.45) is 5.84 Å². The summed E-state index contributed by atoms with van der Waals surface area (Å²) in [4.78, 5) is 11.4. The number of nitrogens with one attached hydrogen (secondary N) is 1. The molecule has 4 heteroatoms. The normalized spacial score (nSPS) is 10.0. The zero-order valence-electron chi connectivity index (χ0n) is 8.40. The minimum absolute atomic E-state index is 0.0151. The third-order valence-electron chi connectivity index (χ3n) is 1.82. The molecule has 0 aliphatic rings. The molecule has 0 radical (unpaired) electrons. The largest absolute Gasteiger partial charge is 0.336 e. The zero-order valence-corrected chi connectivity index (χ0v) is 8.40. The summed E-state index contributed by atoms with van der Waals surface area (Å²) in [5.41, 5.74) is 0.744. The van der Waals surface area contributed by atoms with Crippen molar-refractivity contribution in [2.75, 3.05) is 5.32 Å². The number of carbonyl (C=O) groups excluding carboxylic acids is 1. The van der Waals surface area contributed by atoms with Gasteiger partial charge in [-0.25, -0.2) is 10.6 Å². The van der Waals surface area contributed by atoms with Crippen molar-refractivity contribution in [3.8, 4) is 0 Å². The van der Waals surface area contributed by atoms with Crippen LogP contribution in [-0.2, 0) is 0 Å². The van der Waals surface area contributed by atoms with Gasteiger partial charge < -0.3 is 5.32 Å². The highest BCUT2D eigenvalue weighted by molar-refractivity contribution is 5.88. The molecule has 0 unspecified atom stereocenters. The Bertz CT molecular complexity index is 297. The van der Waals surface area contributed by atoms with Crippen LogP contribution in [0.5, 0.6) is 0 Å². The first-order valence-corrected chi connectivity index (χ1v) is 4.51. The van der Waals surface area contributed by atoms with Crippen LogP contribution in [0.3, 0.4) is 0 Å². The van der Waals surface area contributed by atoms with Crippen molar-refractivity contribution in [1.29, 1.82) is 0 Å². The number of benzene rings is 1. The summed E-state index contributed by atoms with van der Waals surface area (Å²) in [6.45, 7) is 3.70. The molecule has 0 spiro atoms. The van der Waals surface area contributed by atoms with Crippen molar-refractivity contribution >= 4 is 11.7 Å². The number of nitrogens with two attached hydrogens (primary N) is 1. The molecule has 0 bridgehead atoms. The average Bonchev–Trinajstić information content (AvgIpc) is 2.18. The molecule has 0 aliphatic heterocycles. The van der Waals surface area contributed by atoms with Gasteiger partial charge in [0.05, 0.1) is 0 Å². The van der Waals surface area contributed by atoms with E-state index in [4.69, 9.17) is 5.84 Å². The lowest BCUT2D eigenvalue weighted by molar-refractivity contribution is 0.198. The molecule has 0 atom stereocenters. The topological polar surface area (TPSA) is 58.4 Å². The first kappa shape index (κ1) is 10.5. The molecule has 0 saturated carbocycles. The van der Waals surface area contributed by atoms with E-state index in [-0.39, 0.29) is 12.1 Å². The number of hydrazine groups is 1. The first-order chi connectivity index (χ1) is 6.61. The molecule has 2 amide bonds. The summed E-state index contributed by atoms with van der Waals surface area (Å²) in [7, 11) is 0. The van der Waals surface area contributed by atoms with E-state index in [1.807, 2.05) is 44.2 Å². The van der Waals surface area contributed by atoms with Gasteiger partial charge >= 0.3 is 6.03 Å². The van der Waals surface area contributed by atoms with E-state index in [0.29, 0.717) is 0 Å². The van der Waals surface area contributed by atoms with E-state index >= 15 is 0 Å². The number of hydrogen-bond acceptors (Lipinski definition) is 2. The molecule has 14 heavy (non-hydrogen) atoms. The first-order valence-electron chi connectivity index (χ1n) is 4.51. The number of urea groups is 1. The zero-order chi connectivity index (χ0) is 10.6. The monoisotopic (exact) mass is 193 g/mol. The van der Waals surface area contributed by atoms with E-state index in [2.05, 4.69) is 5.32 Å². The Kier molecular flexibility index (Phi) is 3.48. The molecule has 0 saturated heterocycles. The lowest BCUT2D eigenvalue weighted by Crippen LogP contribution is -2.45. The van der Waals surface area contributed by atoms with E-state index in [0.717, 1.165) is 10.7 Å². The smallest absolute Gasteiger partial charge is 0.307 e. The molecule has 1 aromatic rings. The maximum atomic E-state index is 11.4. The van der Waals surface area contributed by atoms with Crippen molar-refractivity contribution < 1.29 is 4.79 Å². The second kappa shape index (κ2) is 4.62. The number of rotatable bonds is 2. The molecule has 0 heterocycles. The van der Waals surface area contributed by atoms with Crippen LogP contribution in [0.15, 0.2) is 30.3 Å². The highest BCUT2D eigenvalue weighted by Gasteiger charge is 2.11. The Labute approximate surface area is 83.7 Å². The van der Waals surface area contributed by atoms with Crippen molar-refractivity contribution in [3.05, 3.63) is 30.3 Å². The van der Waals surface area contributed by atoms with Gasteiger partial charge in [-0.1, -0.05) is 18.2 Å². The van der Waals surface area contributed by atoms with Crippen LogP contribution in [-0.4, -0.2) is 17.1 Å². The predicted octanol–water partition coefficient (Wildman–Crippen LogP) is 1.80. The molecule has 1 aromatic carbocycles. The van der Waals surface area contributed by atoms with Crippen molar-refractivity contribution in [3.63, 3.8) is 0 Å². The molecule has 1 rings (SSSR count). The van der Waals surface area contributed by atoms with E-state index < -0.39 is 0 Å². The summed E-state index contributed by atoms with van der Waals surface area (Å²) in [6.07, 6.45) is 0. The van der Waals surface area contributed by atoms with Crippen LogP contribution >= 0.6 is 0 Å². The van der Waals surface area contributed by atoms with E-state index in [1.165, 1.54) is 0 Å². The summed E-state index contributed by atoms with van der Waals surface area (Å²) in [5, 5.41) is 3.84. The summed E-state index contributed by atoms with van der Waals surface area (Å²) in [6, 6.07) is 8.90. The van der Waals surface area contributed by atoms with Gasteiger partial charge in [-0.2, -0.15) is 0 Å². The Balaban J connectivity index is 2.58. The number of anilines is 1. The standard InChI is InChI=1S/C10H15N3O/c1-8(2)13(11)10(14)12-9-6-4-3-5-7-9/h3-8H,11H2,1-2H3,(H,12,14). The van der Waals surface area contributed by atoms with Gasteiger partial charge in [0.1, 0.15) is 0 Å². The van der Waals surface area contributed by atoms with E-state index in [1.54, 1.807) is 0 Å². The number of para-hydroxylation sites is 1. The van der Waals surface area contributed by atoms with Gasteiger partial charge in [-0.3, -0.25) is 5.01 Å². The molecular formula is C10H15N3O. The maximum absolute atomic E-state index is 11.4. The van der Waals surface area contributed by atoms with Gasteiger partial charge in [0.25, 0.3) is 0 Å². The number of carbonyl (C=O) groups is 1. The lowest BCUT2D eigenvalue weighted by atomic mass is 10.3. The lowest BCUT2D eigenvalue weighted by Gasteiger charge is -2.20. The van der Waals surface area contributed by atoms with Crippen LogP contribution < -0.4 is 11.2 Å². The van der Waals surface area contributed by atoms with Gasteiger partial charge in [-0.05, 0) is 26.0 Å². The fourth-order valence-electron chi connectivity index (χ4n) is 0.944. The Morgan fingerprint density at radius 3 is 2.43 bits per heavy atom. The molecule has 76 valence electrons. The van der Waals surface area contributed by atoms with Crippen LogP contribution in [0.2, 0.25) is 0 Å². The van der Waals surface area contributed by atoms with Crippen LogP contribution in [0.1, 0.15) is 13.8 Å². The van der Waals surface area contributed by atoms with Crippen LogP contribution in [0, 0.1) is 0 Å². The molecule has 0 fully saturated rings. The molecular weight excluding hydrogens is 178 g/mol. The van der Waals surface area contributed by atoms with Crippen molar-refractivity contribution in [1.82, 2.24) is 5.01 Å². The summed E-state index contributed by atoms with van der Waals surface area (Å²) < 4.78 is 0. The Hall–Kier alpha value is -1.55. The fraction of sp³-hybridized carbons (Fsp3) is 0.300. The third kappa shape index (κ3) is 2.74. The van der Waals surface area contributed by atoms with Crippen LogP contribution in [0.4, 0.5) is 10.5 Å². The molecule has 3 N–H and O–H groups in total. The van der Waals surface area contributed by atoms with Gasteiger partial charge in [0.15, 0.2) is 0 Å². The highest BCUT2D eigenvalue weighted by atomic mass is 16.2. The molecule has 0 aliphatic carbocycles. The Morgan fingerprint density at radius 1 is 1.36 bits per heavy atom. The van der Waals surface area contributed by atoms with Crippen molar-refractivity contribution in [2.45, 2.75) is 19.9 Å². The maximum Gasteiger partial charge on any atom is 0.336 e. The average molecular weight is 193 g/mol. The number of amides is 2.